The summed E-state index contributed by atoms with van der Waals surface area (Å²) in [6.45, 7) is 3.82. The van der Waals surface area contributed by atoms with Crippen LogP contribution in [0.5, 0.6) is 0 Å². The van der Waals surface area contributed by atoms with Crippen molar-refractivity contribution in [1.29, 1.82) is 0 Å². The van der Waals surface area contributed by atoms with Gasteiger partial charge in [0.15, 0.2) is 0 Å². The molecule has 172 valence electrons. The Morgan fingerprint density at radius 2 is 1.97 bits per heavy atom. The summed E-state index contributed by atoms with van der Waals surface area (Å²) < 4.78 is 41.2. The third-order valence-corrected chi connectivity index (χ3v) is 7.97. The minimum absolute atomic E-state index is 0.143. The first-order valence-electron chi connectivity index (χ1n) is 11.4. The zero-order chi connectivity index (χ0) is 22.9. The average Bonchev–Trinajstić information content (AvgIpc) is 3.30. The molecule has 6 rings (SSSR count). The van der Waals surface area contributed by atoms with E-state index in [9.17, 15) is 13.9 Å². The first-order chi connectivity index (χ1) is 16.0. The van der Waals surface area contributed by atoms with Crippen molar-refractivity contribution >= 4 is 0 Å². The molecule has 3 unspecified atom stereocenters. The second-order valence-electron chi connectivity index (χ2n) is 9.39. The highest BCUT2D eigenvalue weighted by Gasteiger charge is 2.66. The Bertz CT molecular complexity index is 1210. The predicted molar refractivity (Wildman–Crippen MR) is 112 cm³/mol. The molecule has 1 N–H and O–H groups in total. The second kappa shape index (κ2) is 7.36. The Morgan fingerprint density at radius 3 is 2.67 bits per heavy atom. The third-order valence-electron chi connectivity index (χ3n) is 7.97. The van der Waals surface area contributed by atoms with Gasteiger partial charge in [0.05, 0.1) is 17.0 Å². The van der Waals surface area contributed by atoms with Gasteiger partial charge in [-0.3, -0.25) is 0 Å². The van der Waals surface area contributed by atoms with Crippen molar-refractivity contribution in [2.45, 2.75) is 57.3 Å². The molecule has 6 atom stereocenters. The quantitative estimate of drug-likeness (QED) is 0.589. The van der Waals surface area contributed by atoms with Crippen LogP contribution >= 0.6 is 0 Å². The van der Waals surface area contributed by atoms with Crippen molar-refractivity contribution in [2.24, 2.45) is 17.8 Å². The molecule has 2 saturated carbocycles. The van der Waals surface area contributed by atoms with Crippen LogP contribution in [-0.4, -0.2) is 25.5 Å². The second-order valence-corrected chi connectivity index (χ2v) is 9.39. The van der Waals surface area contributed by atoms with Gasteiger partial charge in [0, 0.05) is 0 Å². The van der Waals surface area contributed by atoms with Crippen LogP contribution in [0.1, 0.15) is 68.2 Å². The number of aliphatic hydroxyl groups is 1. The van der Waals surface area contributed by atoms with Crippen LogP contribution in [0.3, 0.4) is 0 Å². The van der Waals surface area contributed by atoms with Crippen molar-refractivity contribution in [3.05, 3.63) is 58.9 Å². The maximum Gasteiger partial charge on any atom is 0.245 e. The maximum atomic E-state index is 14.4. The zero-order valence-electron chi connectivity index (χ0n) is 18.3. The standard InChI is InChI=1S/C24H24F2N4O3/c1-3-19(23-30-28-20(10-31)32-23)33-24-9-15-12(11(24)2)7-13(15)14-8-18(27-29-22(14)24)21-16(25)5-4-6-17(21)26/h4-6,8,11-13,15,19,31H,3,7,9-10H2,1-2H3/t11?,12?,13-,15?,19-,24-/m1/s1. The van der Waals surface area contributed by atoms with E-state index >= 15 is 0 Å². The molecule has 33 heavy (non-hydrogen) atoms. The van der Waals surface area contributed by atoms with E-state index in [1.54, 1.807) is 6.07 Å². The van der Waals surface area contributed by atoms with Crippen LogP contribution in [0.15, 0.2) is 28.7 Å². The summed E-state index contributed by atoms with van der Waals surface area (Å²) in [6.07, 6.45) is 1.95. The van der Waals surface area contributed by atoms with Crippen LogP contribution in [0.4, 0.5) is 8.78 Å². The molecular formula is C24H24F2N4O3. The minimum atomic E-state index is -0.689. The highest BCUT2D eigenvalue weighted by molar-refractivity contribution is 5.62. The van der Waals surface area contributed by atoms with E-state index in [1.165, 1.54) is 18.2 Å². The number of hydrogen-bond acceptors (Lipinski definition) is 7. The predicted octanol–water partition coefficient (Wildman–Crippen LogP) is 4.43. The number of halogens is 2. The molecular weight excluding hydrogens is 430 g/mol. The molecule has 0 saturated heterocycles. The van der Waals surface area contributed by atoms with E-state index in [4.69, 9.17) is 9.15 Å². The summed E-state index contributed by atoms with van der Waals surface area (Å²) >= 11 is 0. The molecule has 0 aliphatic heterocycles. The lowest BCUT2D eigenvalue weighted by Crippen LogP contribution is -2.39. The van der Waals surface area contributed by atoms with Gasteiger partial charge < -0.3 is 14.3 Å². The summed E-state index contributed by atoms with van der Waals surface area (Å²) in [4.78, 5) is 0. The zero-order valence-corrected chi connectivity index (χ0v) is 18.3. The summed E-state index contributed by atoms with van der Waals surface area (Å²) in [5, 5.41) is 26.0. The lowest BCUT2D eigenvalue weighted by Gasteiger charge is -2.44. The van der Waals surface area contributed by atoms with Gasteiger partial charge in [0.25, 0.3) is 0 Å². The SMILES string of the molecule is CC[C@@H](O[C@@]12CC3C(C[C@@H]3c3cc(-c4c(F)cccc4F)nnc31)C2C)c1nnc(CO)o1. The normalized spacial score (nSPS) is 30.1. The van der Waals surface area contributed by atoms with E-state index in [0.717, 1.165) is 24.1 Å². The molecule has 2 bridgehead atoms. The smallest absolute Gasteiger partial charge is 0.245 e. The van der Waals surface area contributed by atoms with Crippen LogP contribution < -0.4 is 0 Å². The molecule has 0 spiro atoms. The van der Waals surface area contributed by atoms with E-state index in [2.05, 4.69) is 27.3 Å². The number of nitrogens with zero attached hydrogens (tertiary/aromatic N) is 4. The number of aromatic nitrogens is 4. The summed E-state index contributed by atoms with van der Waals surface area (Å²) in [5.74, 6) is 0.565. The molecule has 2 aromatic heterocycles. The Kier molecular flexibility index (Phi) is 4.64. The van der Waals surface area contributed by atoms with Crippen molar-refractivity contribution in [2.75, 3.05) is 0 Å². The van der Waals surface area contributed by atoms with Gasteiger partial charge in [-0.25, -0.2) is 8.78 Å². The Labute approximate surface area is 189 Å². The van der Waals surface area contributed by atoms with Crippen LogP contribution in [0, 0.1) is 29.4 Å². The monoisotopic (exact) mass is 454 g/mol. The molecule has 3 aliphatic rings. The van der Waals surface area contributed by atoms with Crippen LogP contribution in [0.25, 0.3) is 11.3 Å². The number of benzene rings is 1. The summed E-state index contributed by atoms with van der Waals surface area (Å²) in [5.41, 5.74) is 1.07. The van der Waals surface area contributed by atoms with E-state index in [0.29, 0.717) is 30.1 Å². The van der Waals surface area contributed by atoms with E-state index in [-0.39, 0.29) is 29.7 Å². The van der Waals surface area contributed by atoms with Gasteiger partial charge in [0.1, 0.15) is 29.9 Å². The van der Waals surface area contributed by atoms with Gasteiger partial charge in [-0.15, -0.1) is 15.3 Å². The number of hydrogen-bond donors (Lipinski definition) is 1. The number of rotatable bonds is 6. The summed E-state index contributed by atoms with van der Waals surface area (Å²) in [6, 6.07) is 5.59. The van der Waals surface area contributed by atoms with Gasteiger partial charge in [-0.1, -0.05) is 19.9 Å². The topological polar surface area (TPSA) is 94.2 Å². The van der Waals surface area contributed by atoms with Crippen LogP contribution in [-0.2, 0) is 16.9 Å². The largest absolute Gasteiger partial charge is 0.420 e. The number of ether oxygens (including phenoxy) is 1. The Balaban J connectivity index is 1.44. The first-order valence-corrected chi connectivity index (χ1v) is 11.4. The Morgan fingerprint density at radius 1 is 1.18 bits per heavy atom. The first kappa shape index (κ1) is 20.8. The molecule has 0 radical (unpaired) electrons. The van der Waals surface area contributed by atoms with E-state index < -0.39 is 23.3 Å². The van der Waals surface area contributed by atoms with Gasteiger partial charge >= 0.3 is 0 Å². The van der Waals surface area contributed by atoms with E-state index in [1.807, 2.05) is 6.92 Å². The average molecular weight is 454 g/mol. The highest BCUT2D eigenvalue weighted by atomic mass is 19.1. The fourth-order valence-electron chi connectivity index (χ4n) is 6.28. The van der Waals surface area contributed by atoms with Crippen LogP contribution in [0.2, 0.25) is 0 Å². The summed E-state index contributed by atoms with van der Waals surface area (Å²) in [7, 11) is 0. The lowest BCUT2D eigenvalue weighted by atomic mass is 9.61. The molecule has 3 aliphatic carbocycles. The van der Waals surface area contributed by atoms with Gasteiger partial charge in [-0.05, 0) is 66.7 Å². The molecule has 1 aromatic carbocycles. The molecule has 2 fully saturated rings. The van der Waals surface area contributed by atoms with Crippen molar-refractivity contribution < 1.29 is 23.0 Å². The number of fused-ring (bicyclic) bond motifs is 4. The van der Waals surface area contributed by atoms with Gasteiger partial charge in [-0.2, -0.15) is 5.10 Å². The van der Waals surface area contributed by atoms with Crippen molar-refractivity contribution in [1.82, 2.24) is 20.4 Å². The highest BCUT2D eigenvalue weighted by Crippen LogP contribution is 2.70. The number of aliphatic hydroxyl groups excluding tert-OH is 1. The fourth-order valence-corrected chi connectivity index (χ4v) is 6.28. The fraction of sp³-hybridized carbons (Fsp3) is 0.500. The van der Waals surface area contributed by atoms with Crippen molar-refractivity contribution in [3.63, 3.8) is 0 Å². The minimum Gasteiger partial charge on any atom is -0.420 e. The third kappa shape index (κ3) is 2.85. The lowest BCUT2D eigenvalue weighted by molar-refractivity contribution is -0.138. The van der Waals surface area contributed by atoms with Gasteiger partial charge in [0.2, 0.25) is 11.8 Å². The molecule has 2 heterocycles. The molecule has 7 nitrogen and oxygen atoms in total. The Hall–Kier alpha value is -2.78. The maximum absolute atomic E-state index is 14.4. The molecule has 9 heteroatoms. The molecule has 0 amide bonds. The molecule has 3 aromatic rings. The van der Waals surface area contributed by atoms with Crippen molar-refractivity contribution in [3.8, 4) is 11.3 Å².